The molecule has 0 fully saturated rings. The number of nitrogens with one attached hydrogen (secondary N) is 2. The number of carbonyl (C=O) groups is 2. The summed E-state index contributed by atoms with van der Waals surface area (Å²) in [7, 11) is 1.70. The Hall–Kier alpha value is -3.34. The molecule has 3 aromatic rings. The number of amides is 2. The van der Waals surface area contributed by atoms with Crippen molar-refractivity contribution in [3.63, 3.8) is 0 Å². The molecule has 3 rings (SSSR count). The fourth-order valence-electron chi connectivity index (χ4n) is 2.62. The molecule has 2 aromatic carbocycles. The highest BCUT2D eigenvalue weighted by atomic mass is 32.2. The van der Waals surface area contributed by atoms with Crippen LogP contribution in [0.1, 0.15) is 16.2 Å². The van der Waals surface area contributed by atoms with E-state index in [1.807, 2.05) is 0 Å². The zero-order valence-corrected chi connectivity index (χ0v) is 17.2. The standard InChI is InChI=1S/C20H18F3N5O2S/c1-28-17(8-9-24-19(30)13-4-2-3-5-14(13)22)26-27-20(28)31-11-18(29)25-16-7-6-12(21)10-15(16)23/h2-7,10H,8-9,11H2,1H3,(H,24,30)(H,25,29). The van der Waals surface area contributed by atoms with Gasteiger partial charge in [0.25, 0.3) is 5.91 Å². The minimum atomic E-state index is -0.864. The number of carbonyl (C=O) groups excluding carboxylic acids is 2. The molecule has 2 N–H and O–H groups in total. The van der Waals surface area contributed by atoms with E-state index >= 15 is 0 Å². The summed E-state index contributed by atoms with van der Waals surface area (Å²) >= 11 is 1.09. The van der Waals surface area contributed by atoms with Crippen LogP contribution in [0.4, 0.5) is 18.9 Å². The van der Waals surface area contributed by atoms with E-state index in [0.717, 1.165) is 23.9 Å². The van der Waals surface area contributed by atoms with Gasteiger partial charge >= 0.3 is 0 Å². The van der Waals surface area contributed by atoms with Crippen LogP contribution < -0.4 is 10.6 Å². The van der Waals surface area contributed by atoms with Crippen LogP contribution in [-0.2, 0) is 18.3 Å². The smallest absolute Gasteiger partial charge is 0.254 e. The fraction of sp³-hybridized carbons (Fsp3) is 0.200. The molecule has 0 unspecified atom stereocenters. The summed E-state index contributed by atoms with van der Waals surface area (Å²) in [5, 5.41) is 13.4. The highest BCUT2D eigenvalue weighted by molar-refractivity contribution is 7.99. The third-order valence-corrected chi connectivity index (χ3v) is 5.24. The zero-order chi connectivity index (χ0) is 22.4. The summed E-state index contributed by atoms with van der Waals surface area (Å²) in [5.74, 6) is -2.72. The molecule has 7 nitrogen and oxygen atoms in total. The van der Waals surface area contributed by atoms with Crippen LogP contribution in [0, 0.1) is 17.5 Å². The van der Waals surface area contributed by atoms with Gasteiger partial charge in [0.1, 0.15) is 23.3 Å². The molecular weight excluding hydrogens is 431 g/mol. The van der Waals surface area contributed by atoms with Gasteiger partial charge in [-0.25, -0.2) is 13.2 Å². The van der Waals surface area contributed by atoms with Gasteiger partial charge in [-0.3, -0.25) is 9.59 Å². The summed E-state index contributed by atoms with van der Waals surface area (Å²) in [6.07, 6.45) is 0.344. The molecule has 31 heavy (non-hydrogen) atoms. The molecule has 0 bridgehead atoms. The summed E-state index contributed by atoms with van der Waals surface area (Å²) in [6.45, 7) is 0.216. The Labute approximate surface area is 180 Å². The second kappa shape index (κ2) is 10.1. The first kappa shape index (κ1) is 22.3. The Balaban J connectivity index is 1.49. The monoisotopic (exact) mass is 449 g/mol. The second-order valence-corrected chi connectivity index (χ2v) is 7.35. The normalized spacial score (nSPS) is 10.7. The molecule has 0 saturated heterocycles. The molecule has 0 aliphatic rings. The lowest BCUT2D eigenvalue weighted by molar-refractivity contribution is -0.113. The van der Waals surface area contributed by atoms with Crippen molar-refractivity contribution in [2.45, 2.75) is 11.6 Å². The van der Waals surface area contributed by atoms with Crippen molar-refractivity contribution >= 4 is 29.3 Å². The van der Waals surface area contributed by atoms with Crippen molar-refractivity contribution < 1.29 is 22.8 Å². The average molecular weight is 449 g/mol. The van der Waals surface area contributed by atoms with Crippen molar-refractivity contribution in [3.05, 3.63) is 71.3 Å². The fourth-order valence-corrected chi connectivity index (χ4v) is 3.35. The zero-order valence-electron chi connectivity index (χ0n) is 16.4. The molecule has 1 heterocycles. The third kappa shape index (κ3) is 5.85. The summed E-state index contributed by atoms with van der Waals surface area (Å²) in [5.41, 5.74) is -0.156. The number of benzene rings is 2. The SMILES string of the molecule is Cn1c(CCNC(=O)c2ccccc2F)nnc1SCC(=O)Nc1ccc(F)cc1F. The van der Waals surface area contributed by atoms with Gasteiger partial charge in [0.2, 0.25) is 5.91 Å². The number of thioether (sulfide) groups is 1. The lowest BCUT2D eigenvalue weighted by atomic mass is 10.2. The molecule has 0 atom stereocenters. The van der Waals surface area contributed by atoms with E-state index in [0.29, 0.717) is 23.5 Å². The summed E-state index contributed by atoms with van der Waals surface area (Å²) in [6, 6.07) is 8.55. The van der Waals surface area contributed by atoms with Crippen molar-refractivity contribution in [1.29, 1.82) is 0 Å². The molecule has 162 valence electrons. The number of aromatic nitrogens is 3. The van der Waals surface area contributed by atoms with Crippen molar-refractivity contribution in [2.75, 3.05) is 17.6 Å². The maximum absolute atomic E-state index is 13.6. The molecule has 0 saturated carbocycles. The molecule has 0 radical (unpaired) electrons. The van der Waals surface area contributed by atoms with Crippen LogP contribution >= 0.6 is 11.8 Å². The molecule has 0 aliphatic carbocycles. The van der Waals surface area contributed by atoms with Crippen LogP contribution in [0.15, 0.2) is 47.6 Å². The maximum Gasteiger partial charge on any atom is 0.254 e. The van der Waals surface area contributed by atoms with Crippen LogP contribution in [0.3, 0.4) is 0 Å². The highest BCUT2D eigenvalue weighted by Crippen LogP contribution is 2.18. The number of halogens is 3. The lowest BCUT2D eigenvalue weighted by Gasteiger charge is -2.07. The topological polar surface area (TPSA) is 88.9 Å². The van der Waals surface area contributed by atoms with Gasteiger partial charge in [0.05, 0.1) is 17.0 Å². The van der Waals surface area contributed by atoms with Crippen molar-refractivity contribution in [2.24, 2.45) is 7.05 Å². The van der Waals surface area contributed by atoms with E-state index in [1.54, 1.807) is 17.7 Å². The quantitative estimate of drug-likeness (QED) is 0.517. The van der Waals surface area contributed by atoms with Crippen LogP contribution in [0.2, 0.25) is 0 Å². The molecule has 2 amide bonds. The van der Waals surface area contributed by atoms with E-state index < -0.39 is 29.3 Å². The maximum atomic E-state index is 13.6. The Bertz CT molecular complexity index is 1110. The lowest BCUT2D eigenvalue weighted by Crippen LogP contribution is -2.27. The molecule has 0 spiro atoms. The summed E-state index contributed by atoms with van der Waals surface area (Å²) < 4.78 is 41.8. The van der Waals surface area contributed by atoms with E-state index in [9.17, 15) is 22.8 Å². The Morgan fingerprint density at radius 1 is 1.06 bits per heavy atom. The van der Waals surface area contributed by atoms with Crippen LogP contribution in [0.5, 0.6) is 0 Å². The largest absolute Gasteiger partial charge is 0.351 e. The number of rotatable bonds is 8. The number of hydrogen-bond acceptors (Lipinski definition) is 5. The number of anilines is 1. The Morgan fingerprint density at radius 2 is 1.84 bits per heavy atom. The van der Waals surface area contributed by atoms with Gasteiger partial charge in [-0.15, -0.1) is 10.2 Å². The molecule has 1 aromatic heterocycles. The van der Waals surface area contributed by atoms with Crippen LogP contribution in [0.25, 0.3) is 0 Å². The van der Waals surface area contributed by atoms with Gasteiger partial charge in [-0.1, -0.05) is 23.9 Å². The minimum Gasteiger partial charge on any atom is -0.351 e. The molecule has 11 heteroatoms. The predicted molar refractivity (Wildman–Crippen MR) is 109 cm³/mol. The van der Waals surface area contributed by atoms with Crippen molar-refractivity contribution in [3.8, 4) is 0 Å². The highest BCUT2D eigenvalue weighted by Gasteiger charge is 2.14. The second-order valence-electron chi connectivity index (χ2n) is 6.40. The first-order valence-electron chi connectivity index (χ1n) is 9.14. The minimum absolute atomic E-state index is 0.0414. The number of hydrogen-bond donors (Lipinski definition) is 2. The first-order valence-corrected chi connectivity index (χ1v) is 10.1. The van der Waals surface area contributed by atoms with E-state index in [4.69, 9.17) is 0 Å². The predicted octanol–water partition coefficient (Wildman–Crippen LogP) is 2.94. The molecule has 0 aliphatic heterocycles. The van der Waals surface area contributed by atoms with E-state index in [2.05, 4.69) is 20.8 Å². The Kier molecular flexibility index (Phi) is 7.29. The van der Waals surface area contributed by atoms with Crippen LogP contribution in [-0.4, -0.2) is 38.9 Å². The van der Waals surface area contributed by atoms with E-state index in [1.165, 1.54) is 18.2 Å². The van der Waals surface area contributed by atoms with Gasteiger partial charge < -0.3 is 15.2 Å². The Morgan fingerprint density at radius 3 is 2.58 bits per heavy atom. The van der Waals surface area contributed by atoms with Gasteiger partial charge in [-0.05, 0) is 24.3 Å². The van der Waals surface area contributed by atoms with Crippen molar-refractivity contribution in [1.82, 2.24) is 20.1 Å². The third-order valence-electron chi connectivity index (χ3n) is 4.22. The average Bonchev–Trinajstić information content (AvgIpc) is 3.08. The molecular formula is C20H18F3N5O2S. The first-order chi connectivity index (χ1) is 14.8. The van der Waals surface area contributed by atoms with Gasteiger partial charge in [0, 0.05) is 26.1 Å². The summed E-state index contributed by atoms with van der Waals surface area (Å²) in [4.78, 5) is 24.0. The number of nitrogens with zero attached hydrogens (tertiary/aromatic N) is 3. The van der Waals surface area contributed by atoms with E-state index in [-0.39, 0.29) is 23.5 Å². The van der Waals surface area contributed by atoms with Gasteiger partial charge in [0.15, 0.2) is 5.16 Å². The van der Waals surface area contributed by atoms with Gasteiger partial charge in [-0.2, -0.15) is 0 Å².